The molecule has 0 saturated heterocycles. The molecule has 672 valence electrons. The molecule has 0 unspecified atom stereocenters. The van der Waals surface area contributed by atoms with Crippen molar-refractivity contribution in [2.45, 2.75) is 120 Å². The fourth-order valence-corrected chi connectivity index (χ4v) is 15.3. The van der Waals surface area contributed by atoms with Gasteiger partial charge in [0.05, 0.1) is 30.8 Å². The first kappa shape index (κ1) is 91.5. The maximum Gasteiger partial charge on any atom is 0.161 e. The summed E-state index contributed by atoms with van der Waals surface area (Å²) in [6, 6.07) is 120. The number of methoxy groups -OCH3 is 1. The summed E-state index contributed by atoms with van der Waals surface area (Å²) in [5, 5.41) is 11.0. The predicted molar refractivity (Wildman–Crippen MR) is 523 cm³/mol. The summed E-state index contributed by atoms with van der Waals surface area (Å²) >= 11 is 0. The molecule has 1 N–H and O–H groups in total. The molecule has 17 heteroatoms. The number of nitrogens with zero attached hydrogens (tertiary/aromatic N) is 3. The van der Waals surface area contributed by atoms with Crippen molar-refractivity contribution in [3.8, 4) is 74.7 Å². The number of anilines is 3. The Kier molecular flexibility index (Phi) is 33.1. The molecular weight excluding hydrogens is 1650 g/mol. The zero-order valence-corrected chi connectivity index (χ0v) is 75.4. The van der Waals surface area contributed by atoms with Crippen LogP contribution < -0.4 is 76.3 Å². The van der Waals surface area contributed by atoms with Crippen LogP contribution in [0.1, 0.15) is 104 Å². The largest absolute Gasteiger partial charge is 0.493 e. The molecule has 15 aromatic rings. The van der Waals surface area contributed by atoms with Crippen molar-refractivity contribution >= 4 is 17.1 Å². The highest BCUT2D eigenvalue weighted by atomic mass is 16.5. The van der Waals surface area contributed by atoms with E-state index in [2.05, 4.69) is 139 Å². The van der Waals surface area contributed by atoms with E-state index in [0.717, 1.165) is 101 Å². The van der Waals surface area contributed by atoms with E-state index in [9.17, 15) is 5.11 Å². The molecule has 0 aliphatic heterocycles. The molecule has 0 spiro atoms. The van der Waals surface area contributed by atoms with Crippen LogP contribution in [0.4, 0.5) is 17.1 Å². The Morgan fingerprint density at radius 2 is 0.455 bits per heavy atom. The van der Waals surface area contributed by atoms with Gasteiger partial charge in [-0.25, -0.2) is 0 Å². The lowest BCUT2D eigenvalue weighted by molar-refractivity contribution is 0.276. The second-order valence-corrected chi connectivity index (χ2v) is 32.0. The molecule has 0 amide bonds. The van der Waals surface area contributed by atoms with Gasteiger partial charge in [-0.15, -0.1) is 0 Å². The Hall–Kier alpha value is -15.2. The molecule has 0 aliphatic rings. The smallest absolute Gasteiger partial charge is 0.161 e. The molecule has 15 aromatic carbocycles. The number of aliphatic hydroxyl groups excluding tert-OH is 1. The first-order chi connectivity index (χ1) is 65.0. The van der Waals surface area contributed by atoms with E-state index in [1.165, 1.54) is 5.56 Å². The fraction of sp³-hybridized carbons (Fsp3) is 0.200. The van der Waals surface area contributed by atoms with Crippen LogP contribution in [-0.2, 0) is 98.9 Å². The highest BCUT2D eigenvalue weighted by molar-refractivity contribution is 5.65. The Balaban J connectivity index is 0.742. The number of aliphatic hydroxyl groups is 1. The fourth-order valence-electron chi connectivity index (χ4n) is 15.3. The van der Waals surface area contributed by atoms with E-state index >= 15 is 0 Å². The molecule has 17 nitrogen and oxygen atoms in total. The van der Waals surface area contributed by atoms with Crippen molar-refractivity contribution in [2.75, 3.05) is 48.1 Å². The average molecular weight is 1760 g/mol. The molecule has 0 aromatic heterocycles. The Morgan fingerprint density at radius 3 is 0.727 bits per heavy atom. The van der Waals surface area contributed by atoms with Gasteiger partial charge in [-0.05, 0) is 201 Å². The summed E-state index contributed by atoms with van der Waals surface area (Å²) in [6.45, 7) is 17.0. The van der Waals surface area contributed by atoms with Crippen LogP contribution in [0.15, 0.2) is 371 Å². The van der Waals surface area contributed by atoms with Crippen molar-refractivity contribution in [3.63, 3.8) is 0 Å². The van der Waals surface area contributed by atoms with Crippen molar-refractivity contribution < 1.29 is 66.7 Å². The number of ether oxygens (including phenoxy) is 13. The van der Waals surface area contributed by atoms with Crippen LogP contribution in [0, 0.1) is 0 Å². The van der Waals surface area contributed by atoms with E-state index < -0.39 is 0 Å². The molecular formula is C115H113N3O14. The number of hydrogen-bond acceptors (Lipinski definition) is 17. The zero-order valence-electron chi connectivity index (χ0n) is 75.4. The minimum absolute atomic E-state index is 0.165. The van der Waals surface area contributed by atoms with Gasteiger partial charge in [0.2, 0.25) is 0 Å². The van der Waals surface area contributed by atoms with Gasteiger partial charge >= 0.3 is 0 Å². The standard InChI is InChI=1S/C115H113N3O14/c1-6-53-121-114-52-48-95(65-115(114)120-5)82-132-112-50-46-93(63-109(112)116(7-2)70-85-31-17-10-18-32-85)81-131-113-51-47-94(64-110(113)118(9-4)72-96-54-100(122-74-86-33-19-11-20-34-86)66-101(55-96)123-75-87-35-21-12-22-36-87)80-130-111-49-45-92(73-119)62-108(111)117(8-3)71-97-56-102(128-83-98-58-104(124-76-88-37-23-13-24-38-88)68-105(59-98)125-77-89-39-25-14-26-40-89)67-103(57-97)129-84-99-60-106(126-78-90-41-27-15-28-42-90)69-107(61-99)127-79-91-43-29-16-30-44-91/h6,10-52,54-69,119H,1,7-9,53,70-84H2,2-5H3. The molecule has 0 radical (unpaired) electrons. The third kappa shape index (κ3) is 27.2. The topological polar surface area (TPSA) is 150 Å². The molecule has 0 heterocycles. The van der Waals surface area contributed by atoms with E-state index in [4.69, 9.17) is 61.6 Å². The number of hydrogen-bond donors (Lipinski definition) is 1. The first-order valence-electron chi connectivity index (χ1n) is 44.9. The van der Waals surface area contributed by atoms with E-state index in [1.807, 2.05) is 261 Å². The first-order valence-corrected chi connectivity index (χ1v) is 44.9. The second-order valence-electron chi connectivity index (χ2n) is 32.0. The lowest BCUT2D eigenvalue weighted by Crippen LogP contribution is -2.24. The molecule has 15 rings (SSSR count). The normalized spacial score (nSPS) is 10.9. The lowest BCUT2D eigenvalue weighted by Gasteiger charge is -2.28. The van der Waals surface area contributed by atoms with Gasteiger partial charge < -0.3 is 81.4 Å². The Bertz CT molecular complexity index is 5780. The van der Waals surface area contributed by atoms with Crippen LogP contribution in [0.3, 0.4) is 0 Å². The monoisotopic (exact) mass is 1760 g/mol. The number of rotatable bonds is 50. The highest BCUT2D eigenvalue weighted by Gasteiger charge is 2.23. The molecule has 0 fully saturated rings. The van der Waals surface area contributed by atoms with Crippen LogP contribution >= 0.6 is 0 Å². The quantitative estimate of drug-likeness (QED) is 0.0360. The highest BCUT2D eigenvalue weighted by Crippen LogP contribution is 2.41. The summed E-state index contributed by atoms with van der Waals surface area (Å²) in [5.41, 5.74) is 17.0. The van der Waals surface area contributed by atoms with E-state index in [0.29, 0.717) is 155 Å². The minimum atomic E-state index is -0.191. The zero-order chi connectivity index (χ0) is 90.7. The van der Waals surface area contributed by atoms with Gasteiger partial charge in [-0.3, -0.25) is 0 Å². The van der Waals surface area contributed by atoms with Crippen LogP contribution in [-0.4, -0.2) is 38.5 Å². The van der Waals surface area contributed by atoms with Crippen LogP contribution in [0.2, 0.25) is 0 Å². The lowest BCUT2D eigenvalue weighted by atomic mass is 10.1. The molecule has 0 aliphatic carbocycles. The second kappa shape index (κ2) is 47.7. The van der Waals surface area contributed by atoms with Gasteiger partial charge in [-0.2, -0.15) is 0 Å². The predicted octanol–water partition coefficient (Wildman–Crippen LogP) is 25.2. The summed E-state index contributed by atoms with van der Waals surface area (Å²) in [6.07, 6.45) is 1.71. The molecule has 0 saturated carbocycles. The minimum Gasteiger partial charge on any atom is -0.493 e. The summed E-state index contributed by atoms with van der Waals surface area (Å²) in [4.78, 5) is 6.88. The van der Waals surface area contributed by atoms with Gasteiger partial charge in [0.1, 0.15) is 143 Å². The van der Waals surface area contributed by atoms with E-state index in [1.54, 1.807) is 13.2 Å². The Morgan fingerprint density at radius 1 is 0.220 bits per heavy atom. The molecule has 132 heavy (non-hydrogen) atoms. The summed E-state index contributed by atoms with van der Waals surface area (Å²) in [7, 11) is 1.64. The van der Waals surface area contributed by atoms with Gasteiger partial charge in [-0.1, -0.05) is 249 Å². The average Bonchev–Trinajstić information content (AvgIpc) is 0.808. The van der Waals surface area contributed by atoms with E-state index in [-0.39, 0.29) is 39.6 Å². The maximum atomic E-state index is 11.0. The molecule has 0 atom stereocenters. The van der Waals surface area contributed by atoms with Gasteiger partial charge in [0.25, 0.3) is 0 Å². The van der Waals surface area contributed by atoms with Crippen molar-refractivity contribution in [3.05, 3.63) is 454 Å². The van der Waals surface area contributed by atoms with Crippen LogP contribution in [0.25, 0.3) is 0 Å². The Labute approximate surface area is 775 Å². The van der Waals surface area contributed by atoms with Crippen molar-refractivity contribution in [1.82, 2.24) is 0 Å². The van der Waals surface area contributed by atoms with Crippen LogP contribution in [0.5, 0.6) is 74.7 Å². The summed E-state index contributed by atoms with van der Waals surface area (Å²) in [5.74, 6) is 8.32. The molecule has 0 bridgehead atoms. The van der Waals surface area contributed by atoms with Gasteiger partial charge in [0.15, 0.2) is 11.5 Å². The van der Waals surface area contributed by atoms with Gasteiger partial charge in [0, 0.05) is 63.5 Å². The number of benzene rings is 15. The third-order valence-electron chi connectivity index (χ3n) is 22.2. The third-order valence-corrected chi connectivity index (χ3v) is 22.2. The summed E-state index contributed by atoms with van der Waals surface area (Å²) < 4.78 is 85.7. The maximum absolute atomic E-state index is 11.0. The SMILES string of the molecule is C=CCOc1ccc(COc2ccc(COc3ccc(COc4ccc(CO)cc4N(CC)Cc4cc(OCc5cc(OCc6ccccc6)cc(OCc6ccccc6)c5)cc(OCc5cc(OCc6ccccc6)cc(OCc6ccccc6)c5)c4)cc3N(CC)Cc3cc(OCc4ccccc4)cc(OCc4ccccc4)c3)cc2N(CC)Cc2ccccc2)cc1OC. The van der Waals surface area contributed by atoms with Crippen molar-refractivity contribution in [2.24, 2.45) is 0 Å². The van der Waals surface area contributed by atoms with Crippen molar-refractivity contribution in [1.29, 1.82) is 0 Å².